The molecule has 2 N–H and O–H groups in total. The molecule has 1 amide bonds. The number of amides is 1. The van der Waals surface area contributed by atoms with Gasteiger partial charge in [-0.3, -0.25) is 9.89 Å². The summed E-state index contributed by atoms with van der Waals surface area (Å²) in [5.74, 6) is -0.168. The first-order chi connectivity index (χ1) is 9.21. The van der Waals surface area contributed by atoms with Crippen molar-refractivity contribution in [2.75, 3.05) is 0 Å². The standard InChI is InChI=1S/C12H18ClN3O3S/c1-6(2)9-11(20(13,18)19)10(16-15-9)12(17)14-7(3)8-4-5-8/h6-8H,4-5H2,1-3H3,(H,14,17)(H,15,16). The van der Waals surface area contributed by atoms with Gasteiger partial charge in [0.2, 0.25) is 0 Å². The van der Waals surface area contributed by atoms with Gasteiger partial charge in [-0.2, -0.15) is 5.10 Å². The second-order valence-corrected chi connectivity index (χ2v) is 8.01. The highest BCUT2D eigenvalue weighted by Crippen LogP contribution is 2.33. The van der Waals surface area contributed by atoms with Gasteiger partial charge in [0.25, 0.3) is 15.0 Å². The minimum atomic E-state index is -4.03. The average Bonchev–Trinajstić information content (AvgIpc) is 3.04. The van der Waals surface area contributed by atoms with Crippen molar-refractivity contribution >= 4 is 25.6 Å². The van der Waals surface area contributed by atoms with Gasteiger partial charge in [0.05, 0.1) is 5.69 Å². The first-order valence-electron chi connectivity index (χ1n) is 6.55. The number of halogens is 1. The third kappa shape index (κ3) is 3.15. The average molecular weight is 320 g/mol. The maximum Gasteiger partial charge on any atom is 0.273 e. The largest absolute Gasteiger partial charge is 0.348 e. The van der Waals surface area contributed by atoms with Crippen molar-refractivity contribution < 1.29 is 13.2 Å². The maximum absolute atomic E-state index is 12.2. The number of H-pyrrole nitrogens is 1. The van der Waals surface area contributed by atoms with E-state index in [1.54, 1.807) is 13.8 Å². The van der Waals surface area contributed by atoms with Crippen LogP contribution in [0.2, 0.25) is 0 Å². The lowest BCUT2D eigenvalue weighted by atomic mass is 10.1. The van der Waals surface area contributed by atoms with E-state index in [-0.39, 0.29) is 22.5 Å². The van der Waals surface area contributed by atoms with Gasteiger partial charge in [-0.1, -0.05) is 13.8 Å². The highest BCUT2D eigenvalue weighted by atomic mass is 35.7. The van der Waals surface area contributed by atoms with E-state index in [1.165, 1.54) is 0 Å². The molecule has 0 bridgehead atoms. The van der Waals surface area contributed by atoms with Crippen LogP contribution in [-0.2, 0) is 9.05 Å². The van der Waals surface area contributed by atoms with Gasteiger partial charge in [0, 0.05) is 16.7 Å². The Morgan fingerprint density at radius 2 is 2.00 bits per heavy atom. The minimum Gasteiger partial charge on any atom is -0.348 e. The molecule has 112 valence electrons. The van der Waals surface area contributed by atoms with Crippen LogP contribution < -0.4 is 5.32 Å². The number of carbonyl (C=O) groups is 1. The van der Waals surface area contributed by atoms with E-state index in [2.05, 4.69) is 15.5 Å². The van der Waals surface area contributed by atoms with E-state index in [0.717, 1.165) is 12.8 Å². The number of nitrogens with zero attached hydrogens (tertiary/aromatic N) is 1. The number of hydrogen-bond acceptors (Lipinski definition) is 4. The lowest BCUT2D eigenvalue weighted by Gasteiger charge is -2.12. The number of nitrogens with one attached hydrogen (secondary N) is 2. The Morgan fingerprint density at radius 3 is 2.45 bits per heavy atom. The van der Waals surface area contributed by atoms with Crippen molar-refractivity contribution in [2.24, 2.45) is 5.92 Å². The molecule has 1 aliphatic rings. The molecular weight excluding hydrogens is 302 g/mol. The van der Waals surface area contributed by atoms with Gasteiger partial charge >= 0.3 is 0 Å². The Balaban J connectivity index is 2.33. The smallest absolute Gasteiger partial charge is 0.273 e. The van der Waals surface area contributed by atoms with Crippen LogP contribution in [0.1, 0.15) is 55.7 Å². The fourth-order valence-corrected chi connectivity index (χ4v) is 3.51. The van der Waals surface area contributed by atoms with Gasteiger partial charge < -0.3 is 5.32 Å². The van der Waals surface area contributed by atoms with Crippen molar-refractivity contribution in [3.05, 3.63) is 11.4 Å². The van der Waals surface area contributed by atoms with Crippen molar-refractivity contribution in [1.82, 2.24) is 15.5 Å². The van der Waals surface area contributed by atoms with Crippen LogP contribution in [0.4, 0.5) is 0 Å². The Kier molecular flexibility index (Phi) is 4.11. The van der Waals surface area contributed by atoms with E-state index in [1.807, 2.05) is 6.92 Å². The van der Waals surface area contributed by atoms with Crippen molar-refractivity contribution in [3.63, 3.8) is 0 Å². The molecule has 0 aromatic carbocycles. The molecule has 0 spiro atoms. The van der Waals surface area contributed by atoms with Gasteiger partial charge in [-0.15, -0.1) is 0 Å². The molecule has 1 atom stereocenters. The monoisotopic (exact) mass is 319 g/mol. The zero-order valence-corrected chi connectivity index (χ0v) is 13.2. The third-order valence-corrected chi connectivity index (χ3v) is 4.84. The van der Waals surface area contributed by atoms with Crippen LogP contribution in [-0.4, -0.2) is 30.6 Å². The summed E-state index contributed by atoms with van der Waals surface area (Å²) >= 11 is 0. The molecule has 1 aromatic rings. The second kappa shape index (κ2) is 5.37. The minimum absolute atomic E-state index is 0.00702. The topological polar surface area (TPSA) is 91.9 Å². The van der Waals surface area contributed by atoms with Crippen molar-refractivity contribution in [2.45, 2.75) is 50.5 Å². The molecule has 1 unspecified atom stereocenters. The molecule has 0 saturated heterocycles. The van der Waals surface area contributed by atoms with Crippen LogP contribution in [0.25, 0.3) is 0 Å². The lowest BCUT2D eigenvalue weighted by molar-refractivity contribution is 0.0927. The van der Waals surface area contributed by atoms with Crippen molar-refractivity contribution in [1.29, 1.82) is 0 Å². The maximum atomic E-state index is 12.2. The number of hydrogen-bond donors (Lipinski definition) is 2. The van der Waals surface area contributed by atoms with Crippen LogP contribution in [0.3, 0.4) is 0 Å². The fourth-order valence-electron chi connectivity index (χ4n) is 2.13. The fraction of sp³-hybridized carbons (Fsp3) is 0.667. The Bertz CT molecular complexity index is 620. The van der Waals surface area contributed by atoms with Crippen LogP contribution in [0.15, 0.2) is 4.90 Å². The Morgan fingerprint density at radius 1 is 1.40 bits per heavy atom. The van der Waals surface area contributed by atoms with E-state index in [0.29, 0.717) is 11.6 Å². The molecule has 6 nitrogen and oxygen atoms in total. The van der Waals surface area contributed by atoms with Gasteiger partial charge in [0.1, 0.15) is 4.90 Å². The Labute approximate surface area is 122 Å². The number of aromatic nitrogens is 2. The third-order valence-electron chi connectivity index (χ3n) is 3.47. The van der Waals surface area contributed by atoms with Crippen LogP contribution in [0.5, 0.6) is 0 Å². The van der Waals surface area contributed by atoms with E-state index in [9.17, 15) is 13.2 Å². The summed E-state index contributed by atoms with van der Waals surface area (Å²) in [5, 5.41) is 9.22. The highest BCUT2D eigenvalue weighted by molar-refractivity contribution is 8.13. The highest BCUT2D eigenvalue weighted by Gasteiger charge is 2.33. The lowest BCUT2D eigenvalue weighted by Crippen LogP contribution is -2.34. The van der Waals surface area contributed by atoms with Crippen LogP contribution >= 0.6 is 10.7 Å². The summed E-state index contributed by atoms with van der Waals surface area (Å²) in [6.07, 6.45) is 2.17. The molecule has 1 saturated carbocycles. The molecule has 20 heavy (non-hydrogen) atoms. The summed E-state index contributed by atoms with van der Waals surface area (Å²) in [5.41, 5.74) is 0.195. The number of carbonyl (C=O) groups excluding carboxylic acids is 1. The van der Waals surface area contributed by atoms with Gasteiger partial charge in [-0.05, 0) is 31.6 Å². The molecule has 1 aromatic heterocycles. The summed E-state index contributed by atoms with van der Waals surface area (Å²) in [7, 11) is 1.41. The van der Waals surface area contributed by atoms with Gasteiger partial charge in [0.15, 0.2) is 5.69 Å². The molecule has 0 radical (unpaired) electrons. The van der Waals surface area contributed by atoms with E-state index in [4.69, 9.17) is 10.7 Å². The molecular formula is C12H18ClN3O3S. The zero-order chi connectivity index (χ0) is 15.1. The molecule has 1 heterocycles. The second-order valence-electron chi connectivity index (χ2n) is 5.51. The van der Waals surface area contributed by atoms with E-state index >= 15 is 0 Å². The molecule has 8 heteroatoms. The first-order valence-corrected chi connectivity index (χ1v) is 8.86. The van der Waals surface area contributed by atoms with Crippen LogP contribution in [0, 0.1) is 5.92 Å². The SMILES string of the molecule is CC(C)c1[nH]nc(C(=O)NC(C)C2CC2)c1S(=O)(=O)Cl. The predicted molar refractivity (Wildman–Crippen MR) is 75.4 cm³/mol. The summed E-state index contributed by atoms with van der Waals surface area (Å²) in [6, 6.07) is 0.00702. The molecule has 0 aliphatic heterocycles. The van der Waals surface area contributed by atoms with Gasteiger partial charge in [-0.25, -0.2) is 8.42 Å². The summed E-state index contributed by atoms with van der Waals surface area (Å²) < 4.78 is 23.4. The predicted octanol–water partition coefficient (Wildman–Crippen LogP) is 1.99. The quantitative estimate of drug-likeness (QED) is 0.812. The van der Waals surface area contributed by atoms with Crippen molar-refractivity contribution in [3.8, 4) is 0 Å². The summed E-state index contributed by atoms with van der Waals surface area (Å²) in [4.78, 5) is 12.0. The molecule has 1 fully saturated rings. The Hall–Kier alpha value is -1.08. The summed E-state index contributed by atoms with van der Waals surface area (Å²) in [6.45, 7) is 5.50. The normalized spacial score (nSPS) is 17.2. The number of aromatic amines is 1. The first kappa shape index (κ1) is 15.3. The van der Waals surface area contributed by atoms with E-state index < -0.39 is 15.0 Å². The molecule has 1 aliphatic carbocycles. The zero-order valence-electron chi connectivity index (χ0n) is 11.6. The molecule has 2 rings (SSSR count). The number of rotatable bonds is 5.